The highest BCUT2D eigenvalue weighted by Crippen LogP contribution is 2.31. The van der Waals surface area contributed by atoms with E-state index in [0.29, 0.717) is 10.9 Å². The van der Waals surface area contributed by atoms with Gasteiger partial charge in [-0.3, -0.25) is 0 Å². The molecular weight excluding hydrogens is 314 g/mol. The van der Waals surface area contributed by atoms with E-state index in [4.69, 9.17) is 13.9 Å². The molecule has 3 rings (SSSR count). The number of benzene rings is 1. The zero-order valence-electron chi connectivity index (χ0n) is 13.4. The number of aromatic nitrogens is 1. The molecular formula is C17H15NO6. The van der Waals surface area contributed by atoms with Crippen molar-refractivity contribution >= 4 is 33.9 Å². The van der Waals surface area contributed by atoms with Gasteiger partial charge in [0.15, 0.2) is 11.1 Å². The van der Waals surface area contributed by atoms with Crippen molar-refractivity contribution in [2.24, 2.45) is 7.05 Å². The van der Waals surface area contributed by atoms with Gasteiger partial charge in [-0.2, -0.15) is 0 Å². The lowest BCUT2D eigenvalue weighted by Gasteiger charge is -2.08. The monoisotopic (exact) mass is 329 g/mol. The number of fused-ring (bicyclic) bond motifs is 3. The molecule has 0 bridgehead atoms. The number of hydrogen-bond acceptors (Lipinski definition) is 6. The van der Waals surface area contributed by atoms with E-state index in [-0.39, 0.29) is 17.8 Å². The fourth-order valence-electron chi connectivity index (χ4n) is 2.80. The zero-order valence-corrected chi connectivity index (χ0v) is 13.4. The van der Waals surface area contributed by atoms with Crippen LogP contribution in [0.5, 0.6) is 0 Å². The SMILES string of the molecule is CCOC(=O)c1c(C(=O)OC)c2c(oc1=O)c1ccccc1n2C. The number of rotatable bonds is 3. The highest BCUT2D eigenvalue weighted by molar-refractivity contribution is 6.16. The Bertz CT molecular complexity index is 1030. The molecule has 2 heterocycles. The normalized spacial score (nSPS) is 11.0. The largest absolute Gasteiger partial charge is 0.465 e. The van der Waals surface area contributed by atoms with E-state index in [0.717, 1.165) is 5.52 Å². The van der Waals surface area contributed by atoms with E-state index in [1.165, 1.54) is 7.11 Å². The molecule has 24 heavy (non-hydrogen) atoms. The number of ether oxygens (including phenoxy) is 2. The number of aryl methyl sites for hydroxylation is 1. The predicted octanol–water partition coefficient (Wildman–Crippen LogP) is 2.25. The number of esters is 2. The van der Waals surface area contributed by atoms with E-state index < -0.39 is 23.1 Å². The maximum absolute atomic E-state index is 12.4. The van der Waals surface area contributed by atoms with Crippen molar-refractivity contribution in [2.45, 2.75) is 6.92 Å². The van der Waals surface area contributed by atoms with Crippen LogP contribution in [0.2, 0.25) is 0 Å². The van der Waals surface area contributed by atoms with E-state index in [1.54, 1.807) is 30.7 Å². The second-order valence-electron chi connectivity index (χ2n) is 5.11. The number of methoxy groups -OCH3 is 1. The van der Waals surface area contributed by atoms with Crippen molar-refractivity contribution in [1.82, 2.24) is 4.57 Å². The molecule has 0 amide bonds. The fourth-order valence-corrected chi connectivity index (χ4v) is 2.80. The molecule has 0 aliphatic heterocycles. The van der Waals surface area contributed by atoms with Gasteiger partial charge in [0.05, 0.1) is 19.2 Å². The van der Waals surface area contributed by atoms with Gasteiger partial charge in [-0.15, -0.1) is 0 Å². The third kappa shape index (κ3) is 2.17. The first kappa shape index (κ1) is 15.8. The average molecular weight is 329 g/mol. The van der Waals surface area contributed by atoms with E-state index in [1.807, 2.05) is 12.1 Å². The molecule has 7 heteroatoms. The summed E-state index contributed by atoms with van der Waals surface area (Å²) in [5.41, 5.74) is -0.250. The molecule has 7 nitrogen and oxygen atoms in total. The quantitative estimate of drug-likeness (QED) is 0.685. The molecule has 0 atom stereocenters. The van der Waals surface area contributed by atoms with Crippen LogP contribution in [-0.4, -0.2) is 30.2 Å². The summed E-state index contributed by atoms with van der Waals surface area (Å²) in [6.07, 6.45) is 0. The van der Waals surface area contributed by atoms with Crippen LogP contribution in [0.3, 0.4) is 0 Å². The molecule has 0 aliphatic rings. The zero-order chi connectivity index (χ0) is 17.4. The van der Waals surface area contributed by atoms with Gasteiger partial charge in [-0.05, 0) is 19.1 Å². The third-order valence-electron chi connectivity index (χ3n) is 3.82. The Kier molecular flexibility index (Phi) is 3.84. The molecule has 0 radical (unpaired) electrons. The Morgan fingerprint density at radius 2 is 1.88 bits per heavy atom. The Hall–Kier alpha value is -3.09. The Morgan fingerprint density at radius 1 is 1.17 bits per heavy atom. The summed E-state index contributed by atoms with van der Waals surface area (Å²) in [5.74, 6) is -1.72. The maximum Gasteiger partial charge on any atom is 0.352 e. The van der Waals surface area contributed by atoms with E-state index in [9.17, 15) is 14.4 Å². The molecule has 0 unspecified atom stereocenters. The average Bonchev–Trinajstić information content (AvgIpc) is 2.86. The summed E-state index contributed by atoms with van der Waals surface area (Å²) in [7, 11) is 2.90. The summed E-state index contributed by atoms with van der Waals surface area (Å²) in [4.78, 5) is 36.9. The smallest absolute Gasteiger partial charge is 0.352 e. The highest BCUT2D eigenvalue weighted by atomic mass is 16.5. The minimum atomic E-state index is -0.933. The Labute approximate surface area is 136 Å². The van der Waals surface area contributed by atoms with Crippen molar-refractivity contribution in [2.75, 3.05) is 13.7 Å². The van der Waals surface area contributed by atoms with Crippen LogP contribution in [0.15, 0.2) is 33.5 Å². The number of nitrogens with zero attached hydrogens (tertiary/aromatic N) is 1. The minimum Gasteiger partial charge on any atom is -0.465 e. The molecule has 124 valence electrons. The van der Waals surface area contributed by atoms with Gasteiger partial charge in [0.2, 0.25) is 0 Å². The Balaban J connectivity index is 2.54. The number of hydrogen-bond donors (Lipinski definition) is 0. The van der Waals surface area contributed by atoms with Crippen molar-refractivity contribution in [3.63, 3.8) is 0 Å². The second kappa shape index (κ2) is 5.84. The number of carbonyl (C=O) groups is 2. The first-order valence-electron chi connectivity index (χ1n) is 7.30. The van der Waals surface area contributed by atoms with Crippen LogP contribution in [0.4, 0.5) is 0 Å². The topological polar surface area (TPSA) is 87.7 Å². The lowest BCUT2D eigenvalue weighted by atomic mass is 10.1. The summed E-state index contributed by atoms with van der Waals surface area (Å²) >= 11 is 0. The van der Waals surface area contributed by atoms with Crippen LogP contribution in [0.25, 0.3) is 22.0 Å². The lowest BCUT2D eigenvalue weighted by Crippen LogP contribution is -2.23. The summed E-state index contributed by atoms with van der Waals surface area (Å²) in [5, 5.41) is 0.660. The van der Waals surface area contributed by atoms with Crippen LogP contribution in [0.1, 0.15) is 27.6 Å². The molecule has 2 aromatic heterocycles. The van der Waals surface area contributed by atoms with E-state index in [2.05, 4.69) is 0 Å². The molecule has 1 aromatic carbocycles. The van der Waals surface area contributed by atoms with Crippen LogP contribution in [-0.2, 0) is 16.5 Å². The number of para-hydroxylation sites is 1. The summed E-state index contributed by atoms with van der Waals surface area (Å²) in [6, 6.07) is 7.20. The van der Waals surface area contributed by atoms with Crippen LogP contribution >= 0.6 is 0 Å². The maximum atomic E-state index is 12.4. The second-order valence-corrected chi connectivity index (χ2v) is 5.11. The van der Waals surface area contributed by atoms with Gasteiger partial charge < -0.3 is 18.5 Å². The van der Waals surface area contributed by atoms with E-state index >= 15 is 0 Å². The van der Waals surface area contributed by atoms with Gasteiger partial charge in [0.25, 0.3) is 0 Å². The summed E-state index contributed by atoms with van der Waals surface area (Å²) in [6.45, 7) is 1.67. The highest BCUT2D eigenvalue weighted by Gasteiger charge is 2.30. The van der Waals surface area contributed by atoms with Gasteiger partial charge in [-0.25, -0.2) is 14.4 Å². The first-order valence-corrected chi connectivity index (χ1v) is 7.30. The third-order valence-corrected chi connectivity index (χ3v) is 3.82. The predicted molar refractivity (Wildman–Crippen MR) is 86.3 cm³/mol. The van der Waals surface area contributed by atoms with Gasteiger partial charge >= 0.3 is 17.6 Å². The fraction of sp³-hybridized carbons (Fsp3) is 0.235. The molecule has 3 aromatic rings. The molecule has 0 fully saturated rings. The van der Waals surface area contributed by atoms with Gasteiger partial charge in [0.1, 0.15) is 11.1 Å². The number of carbonyl (C=O) groups excluding carboxylic acids is 2. The molecule has 0 saturated heterocycles. The first-order chi connectivity index (χ1) is 11.5. The van der Waals surface area contributed by atoms with Gasteiger partial charge in [0, 0.05) is 12.4 Å². The minimum absolute atomic E-state index is 0.0615. The molecule has 0 aliphatic carbocycles. The van der Waals surface area contributed by atoms with Crippen molar-refractivity contribution < 1.29 is 23.5 Å². The van der Waals surface area contributed by atoms with Crippen molar-refractivity contribution in [1.29, 1.82) is 0 Å². The van der Waals surface area contributed by atoms with Crippen LogP contribution < -0.4 is 5.63 Å². The molecule has 0 N–H and O–H groups in total. The molecule has 0 spiro atoms. The molecule has 0 saturated carbocycles. The van der Waals surface area contributed by atoms with Crippen molar-refractivity contribution in [3.8, 4) is 0 Å². The van der Waals surface area contributed by atoms with Gasteiger partial charge in [-0.1, -0.05) is 12.1 Å². The lowest BCUT2D eigenvalue weighted by molar-refractivity contribution is 0.0499. The summed E-state index contributed by atoms with van der Waals surface area (Å²) < 4.78 is 16.7. The van der Waals surface area contributed by atoms with Crippen molar-refractivity contribution in [3.05, 3.63) is 45.8 Å². The van der Waals surface area contributed by atoms with Crippen LogP contribution in [0, 0.1) is 0 Å². The Morgan fingerprint density at radius 3 is 2.54 bits per heavy atom. The standard InChI is InChI=1S/C17H15NO6/c1-4-23-16(20)12-11(15(19)22-3)13-14(24-17(12)21)9-7-5-6-8-10(9)18(13)2/h5-8H,4H2,1-3H3.